The predicted octanol–water partition coefficient (Wildman–Crippen LogP) is 0.503. The Hall–Kier alpha value is -1.76. The third kappa shape index (κ3) is 2.15. The third-order valence-corrected chi connectivity index (χ3v) is 6.81. The van der Waals surface area contributed by atoms with Gasteiger partial charge < -0.3 is 5.32 Å². The number of ketones is 2. The van der Waals surface area contributed by atoms with Crippen LogP contribution in [0.2, 0.25) is 0 Å². The van der Waals surface area contributed by atoms with E-state index < -0.39 is 33.5 Å². The molecule has 0 bridgehead atoms. The number of fused-ring (bicyclic) bond motifs is 3. The second-order valence-corrected chi connectivity index (χ2v) is 8.28. The Morgan fingerprint density at radius 1 is 1.27 bits per heavy atom. The van der Waals surface area contributed by atoms with Gasteiger partial charge in [-0.15, -0.1) is 0 Å². The molecule has 0 radical (unpaired) electrons. The van der Waals surface area contributed by atoms with E-state index in [0.29, 0.717) is 23.3 Å². The van der Waals surface area contributed by atoms with Gasteiger partial charge >= 0.3 is 0 Å². The van der Waals surface area contributed by atoms with E-state index in [1.165, 1.54) is 13.0 Å². The minimum Gasteiger partial charge on any atom is -0.323 e. The zero-order chi connectivity index (χ0) is 16.2. The molecule has 1 heterocycles. The van der Waals surface area contributed by atoms with Crippen LogP contribution in [0, 0.1) is 17.8 Å². The molecule has 2 aliphatic carbocycles. The van der Waals surface area contributed by atoms with Crippen LogP contribution in [0.1, 0.15) is 26.7 Å². The first-order valence-corrected chi connectivity index (χ1v) is 8.87. The molecule has 0 aromatic heterocycles. The molecular formula is C15H17NO5S. The minimum atomic E-state index is -3.32. The number of rotatable bonds is 1. The number of Topliss-reactive ketones (excluding diaryl/α,β-unsaturated/α-hetero) is 1. The molecule has 1 amide bonds. The topological polar surface area (TPSA) is 97.4 Å². The molecule has 3 atom stereocenters. The fourth-order valence-corrected chi connectivity index (χ4v) is 6.07. The van der Waals surface area contributed by atoms with Gasteiger partial charge in [-0.1, -0.05) is 5.57 Å². The van der Waals surface area contributed by atoms with Crippen LogP contribution in [0.3, 0.4) is 0 Å². The molecule has 1 N–H and O–H groups in total. The fraction of sp³-hybridized carbons (Fsp3) is 0.533. The second kappa shape index (κ2) is 4.87. The summed E-state index contributed by atoms with van der Waals surface area (Å²) in [5.41, 5.74) is 0.684. The Bertz CT molecular complexity index is 759. The maximum absolute atomic E-state index is 12.6. The average molecular weight is 323 g/mol. The van der Waals surface area contributed by atoms with Crippen molar-refractivity contribution in [1.82, 2.24) is 5.32 Å². The summed E-state index contributed by atoms with van der Waals surface area (Å²) in [5, 5.41) is 2.39. The van der Waals surface area contributed by atoms with Crippen LogP contribution in [-0.2, 0) is 24.2 Å². The van der Waals surface area contributed by atoms with E-state index in [2.05, 4.69) is 5.32 Å². The van der Waals surface area contributed by atoms with Crippen molar-refractivity contribution < 1.29 is 22.8 Å². The monoisotopic (exact) mass is 323 g/mol. The Balaban J connectivity index is 2.06. The van der Waals surface area contributed by atoms with Crippen LogP contribution < -0.4 is 5.32 Å². The van der Waals surface area contributed by atoms with Crippen molar-refractivity contribution in [3.8, 4) is 0 Å². The smallest absolute Gasteiger partial charge is 0.221 e. The van der Waals surface area contributed by atoms with Gasteiger partial charge in [-0.2, -0.15) is 0 Å². The number of nitrogens with one attached hydrogen (secondary N) is 1. The molecule has 0 saturated carbocycles. The van der Waals surface area contributed by atoms with Crippen LogP contribution in [0.15, 0.2) is 22.3 Å². The van der Waals surface area contributed by atoms with Crippen molar-refractivity contribution in [3.63, 3.8) is 0 Å². The lowest BCUT2D eigenvalue weighted by molar-refractivity contribution is -0.132. The summed E-state index contributed by atoms with van der Waals surface area (Å²) >= 11 is 0. The molecular weight excluding hydrogens is 306 g/mol. The van der Waals surface area contributed by atoms with Gasteiger partial charge in [0.2, 0.25) is 5.91 Å². The Kier molecular flexibility index (Phi) is 3.36. The Labute approximate surface area is 128 Å². The molecule has 1 saturated heterocycles. The van der Waals surface area contributed by atoms with Gasteiger partial charge in [-0.25, -0.2) is 8.42 Å². The lowest BCUT2D eigenvalue weighted by Crippen LogP contribution is -2.45. The largest absolute Gasteiger partial charge is 0.323 e. The van der Waals surface area contributed by atoms with Crippen molar-refractivity contribution in [2.24, 2.45) is 17.8 Å². The van der Waals surface area contributed by atoms with E-state index in [1.54, 1.807) is 6.92 Å². The van der Waals surface area contributed by atoms with E-state index in [1.807, 2.05) is 0 Å². The lowest BCUT2D eigenvalue weighted by atomic mass is 9.66. The maximum Gasteiger partial charge on any atom is 0.221 e. The fourth-order valence-electron chi connectivity index (χ4n) is 3.95. The molecule has 3 rings (SSSR count). The summed E-state index contributed by atoms with van der Waals surface area (Å²) < 4.78 is 24.4. The van der Waals surface area contributed by atoms with Gasteiger partial charge in [0.1, 0.15) is 0 Å². The number of hydrogen-bond acceptors (Lipinski definition) is 5. The van der Waals surface area contributed by atoms with E-state index in [0.717, 1.165) is 0 Å². The summed E-state index contributed by atoms with van der Waals surface area (Å²) in [4.78, 5) is 36.5. The highest BCUT2D eigenvalue weighted by Crippen LogP contribution is 2.49. The van der Waals surface area contributed by atoms with Crippen LogP contribution in [0.4, 0.5) is 0 Å². The Morgan fingerprint density at radius 3 is 2.59 bits per heavy atom. The molecule has 1 fully saturated rings. The Morgan fingerprint density at radius 2 is 1.95 bits per heavy atom. The molecule has 0 aromatic rings. The van der Waals surface area contributed by atoms with Crippen molar-refractivity contribution in [2.45, 2.75) is 26.7 Å². The van der Waals surface area contributed by atoms with E-state index in [-0.39, 0.29) is 23.0 Å². The van der Waals surface area contributed by atoms with Gasteiger partial charge in [0, 0.05) is 35.7 Å². The molecule has 22 heavy (non-hydrogen) atoms. The predicted molar refractivity (Wildman–Crippen MR) is 78.1 cm³/mol. The normalized spacial score (nSPS) is 33.2. The van der Waals surface area contributed by atoms with Crippen LogP contribution >= 0.6 is 0 Å². The van der Waals surface area contributed by atoms with Crippen molar-refractivity contribution in [1.29, 1.82) is 0 Å². The highest BCUT2D eigenvalue weighted by molar-refractivity contribution is 7.95. The van der Waals surface area contributed by atoms with Crippen LogP contribution in [0.25, 0.3) is 0 Å². The number of sulfone groups is 1. The quantitative estimate of drug-likeness (QED) is 0.758. The molecule has 0 spiro atoms. The molecule has 0 unspecified atom stereocenters. The second-order valence-electron chi connectivity index (χ2n) is 6.20. The molecule has 118 valence electrons. The maximum atomic E-state index is 12.6. The van der Waals surface area contributed by atoms with E-state index in [9.17, 15) is 22.8 Å². The minimum absolute atomic E-state index is 0.0121. The zero-order valence-electron chi connectivity index (χ0n) is 12.4. The zero-order valence-corrected chi connectivity index (χ0v) is 13.2. The standard InChI is InChI=1S/C15H17NO5S/c1-7-5-10-12(18)6-11(16-8(2)17)14(19)13(10)9-3-4-22(20,21)15(7)9/h6,9-10,13H,3-5H2,1-2H3,(H,16,17)/t9-,10+,13-/m1/s1. The molecule has 6 nitrogen and oxygen atoms in total. The SMILES string of the molecule is CC(=O)NC1=CC(=O)[C@@H]2CC(C)=C3[C@H](CCS3(=O)=O)[C@H]2C1=O. The van der Waals surface area contributed by atoms with Crippen molar-refractivity contribution >= 4 is 27.3 Å². The van der Waals surface area contributed by atoms with Crippen molar-refractivity contribution in [3.05, 3.63) is 22.3 Å². The molecule has 0 aromatic carbocycles. The average Bonchev–Trinajstić information content (AvgIpc) is 2.72. The number of carbonyl (C=O) groups is 3. The number of hydrogen-bond donors (Lipinski definition) is 1. The molecule has 3 aliphatic rings. The number of amides is 1. The first-order chi connectivity index (χ1) is 10.2. The highest BCUT2D eigenvalue weighted by Gasteiger charge is 2.52. The summed E-state index contributed by atoms with van der Waals surface area (Å²) in [6.07, 6.45) is 1.85. The summed E-state index contributed by atoms with van der Waals surface area (Å²) in [6, 6.07) is 0. The van der Waals surface area contributed by atoms with Crippen molar-refractivity contribution in [2.75, 3.05) is 5.75 Å². The third-order valence-electron chi connectivity index (χ3n) is 4.71. The first kappa shape index (κ1) is 15.1. The van der Waals surface area contributed by atoms with Gasteiger partial charge in [0.15, 0.2) is 21.4 Å². The van der Waals surface area contributed by atoms with Crippen LogP contribution in [0.5, 0.6) is 0 Å². The summed E-state index contributed by atoms with van der Waals surface area (Å²) in [7, 11) is -3.32. The number of allylic oxidation sites excluding steroid dienone is 4. The van der Waals surface area contributed by atoms with Gasteiger partial charge in [0.05, 0.1) is 11.4 Å². The summed E-state index contributed by atoms with van der Waals surface area (Å²) in [6.45, 7) is 2.99. The number of carbonyl (C=O) groups excluding carboxylic acids is 3. The lowest BCUT2D eigenvalue weighted by Gasteiger charge is -2.37. The highest BCUT2D eigenvalue weighted by atomic mass is 32.2. The van der Waals surface area contributed by atoms with E-state index in [4.69, 9.17) is 0 Å². The van der Waals surface area contributed by atoms with Gasteiger partial charge in [-0.05, 0) is 19.8 Å². The van der Waals surface area contributed by atoms with Gasteiger partial charge in [0.25, 0.3) is 0 Å². The van der Waals surface area contributed by atoms with E-state index >= 15 is 0 Å². The van der Waals surface area contributed by atoms with Gasteiger partial charge in [-0.3, -0.25) is 14.4 Å². The summed E-state index contributed by atoms with van der Waals surface area (Å²) in [5.74, 6) is -2.55. The molecule has 1 aliphatic heterocycles. The molecule has 7 heteroatoms. The van der Waals surface area contributed by atoms with Crippen LogP contribution in [-0.4, -0.2) is 31.6 Å². The first-order valence-electron chi connectivity index (χ1n) is 7.22.